The lowest BCUT2D eigenvalue weighted by Crippen LogP contribution is -2.13. The topological polar surface area (TPSA) is 37.3 Å². The lowest BCUT2D eigenvalue weighted by molar-refractivity contribution is -0.140. The summed E-state index contributed by atoms with van der Waals surface area (Å²) < 4.78 is 0. The Morgan fingerprint density at radius 1 is 1.00 bits per heavy atom. The fraction of sp³-hybridized carbons (Fsp3) is 0.118. The Kier molecular flexibility index (Phi) is 4.51. The highest BCUT2D eigenvalue weighted by molar-refractivity contribution is 5.74. The van der Waals surface area contributed by atoms with Crippen LogP contribution in [0.5, 0.6) is 0 Å². The van der Waals surface area contributed by atoms with Crippen LogP contribution in [0.2, 0.25) is 0 Å². The maximum atomic E-state index is 11.3. The van der Waals surface area contributed by atoms with E-state index in [1.54, 1.807) is 6.08 Å². The summed E-state index contributed by atoms with van der Waals surface area (Å²) in [7, 11) is 0. The van der Waals surface area contributed by atoms with Gasteiger partial charge in [0.25, 0.3) is 0 Å². The fourth-order valence-electron chi connectivity index (χ4n) is 1.90. The van der Waals surface area contributed by atoms with Crippen molar-refractivity contribution in [1.82, 2.24) is 0 Å². The van der Waals surface area contributed by atoms with Crippen LogP contribution in [0.25, 0.3) is 6.08 Å². The first kappa shape index (κ1) is 13.1. The van der Waals surface area contributed by atoms with Gasteiger partial charge in [-0.1, -0.05) is 72.8 Å². The number of benzene rings is 2. The molecular formula is C17H16O2. The van der Waals surface area contributed by atoms with Gasteiger partial charge in [0.15, 0.2) is 0 Å². The van der Waals surface area contributed by atoms with Crippen molar-refractivity contribution in [3.8, 4) is 0 Å². The Morgan fingerprint density at radius 3 is 2.16 bits per heavy atom. The normalized spacial score (nSPS) is 12.4. The van der Waals surface area contributed by atoms with E-state index in [1.807, 2.05) is 66.7 Å². The molecular weight excluding hydrogens is 236 g/mol. The molecule has 0 aliphatic carbocycles. The second-order valence-corrected chi connectivity index (χ2v) is 4.40. The zero-order chi connectivity index (χ0) is 13.5. The molecule has 19 heavy (non-hydrogen) atoms. The predicted molar refractivity (Wildman–Crippen MR) is 76.7 cm³/mol. The van der Waals surface area contributed by atoms with Crippen molar-refractivity contribution in [3.63, 3.8) is 0 Å². The van der Waals surface area contributed by atoms with Gasteiger partial charge < -0.3 is 5.11 Å². The molecule has 96 valence electrons. The van der Waals surface area contributed by atoms with Gasteiger partial charge in [0.05, 0.1) is 5.92 Å². The van der Waals surface area contributed by atoms with E-state index in [4.69, 9.17) is 0 Å². The van der Waals surface area contributed by atoms with Crippen molar-refractivity contribution >= 4 is 12.0 Å². The molecule has 2 heteroatoms. The number of hydrogen-bond donors (Lipinski definition) is 1. The third-order valence-electron chi connectivity index (χ3n) is 2.94. The minimum absolute atomic E-state index is 0.498. The van der Waals surface area contributed by atoms with Crippen LogP contribution in [0.15, 0.2) is 66.7 Å². The van der Waals surface area contributed by atoms with Crippen LogP contribution < -0.4 is 0 Å². The fourth-order valence-corrected chi connectivity index (χ4v) is 1.90. The Hall–Kier alpha value is -2.35. The summed E-state index contributed by atoms with van der Waals surface area (Å²) >= 11 is 0. The van der Waals surface area contributed by atoms with Crippen molar-refractivity contribution in [2.24, 2.45) is 5.92 Å². The molecule has 0 fully saturated rings. The SMILES string of the molecule is O=C(O)[C@@H](/C=C/c1ccccc1)Cc1ccccc1. The molecule has 1 N–H and O–H groups in total. The highest BCUT2D eigenvalue weighted by atomic mass is 16.4. The van der Waals surface area contributed by atoms with Gasteiger partial charge in [-0.3, -0.25) is 4.79 Å². The molecule has 0 amide bonds. The smallest absolute Gasteiger partial charge is 0.310 e. The zero-order valence-corrected chi connectivity index (χ0v) is 10.6. The number of hydrogen-bond acceptors (Lipinski definition) is 1. The molecule has 0 heterocycles. The molecule has 0 aromatic heterocycles. The second-order valence-electron chi connectivity index (χ2n) is 4.40. The van der Waals surface area contributed by atoms with Crippen molar-refractivity contribution < 1.29 is 9.90 Å². The van der Waals surface area contributed by atoms with Crippen molar-refractivity contribution in [2.45, 2.75) is 6.42 Å². The molecule has 1 atom stereocenters. The van der Waals surface area contributed by atoms with E-state index < -0.39 is 11.9 Å². The van der Waals surface area contributed by atoms with E-state index >= 15 is 0 Å². The molecule has 2 aromatic carbocycles. The van der Waals surface area contributed by atoms with Gasteiger partial charge in [-0.05, 0) is 17.5 Å². The Morgan fingerprint density at radius 2 is 1.58 bits per heavy atom. The Labute approximate surface area is 113 Å². The minimum Gasteiger partial charge on any atom is -0.481 e. The average molecular weight is 252 g/mol. The van der Waals surface area contributed by atoms with Gasteiger partial charge in [-0.15, -0.1) is 0 Å². The van der Waals surface area contributed by atoms with E-state index in [2.05, 4.69) is 0 Å². The number of aliphatic carboxylic acids is 1. The summed E-state index contributed by atoms with van der Waals surface area (Å²) in [6.45, 7) is 0. The highest BCUT2D eigenvalue weighted by Crippen LogP contribution is 2.12. The standard InChI is InChI=1S/C17H16O2/c18-17(19)16(13-15-9-5-2-6-10-15)12-11-14-7-3-1-4-8-14/h1-12,16H,13H2,(H,18,19)/b12-11+/t16-/m0/s1. The monoisotopic (exact) mass is 252 g/mol. The van der Waals surface area contributed by atoms with Crippen molar-refractivity contribution in [2.75, 3.05) is 0 Å². The first-order valence-corrected chi connectivity index (χ1v) is 6.25. The number of rotatable bonds is 5. The highest BCUT2D eigenvalue weighted by Gasteiger charge is 2.14. The van der Waals surface area contributed by atoms with Crippen LogP contribution >= 0.6 is 0 Å². The molecule has 0 bridgehead atoms. The summed E-state index contributed by atoms with van der Waals surface area (Å²) in [6.07, 6.45) is 4.13. The van der Waals surface area contributed by atoms with Gasteiger partial charge in [-0.2, -0.15) is 0 Å². The van der Waals surface area contributed by atoms with E-state index in [1.165, 1.54) is 0 Å². The Balaban J connectivity index is 2.09. The van der Waals surface area contributed by atoms with Crippen molar-refractivity contribution in [3.05, 3.63) is 77.9 Å². The summed E-state index contributed by atoms with van der Waals surface area (Å²) in [6, 6.07) is 19.4. The maximum absolute atomic E-state index is 11.3. The van der Waals surface area contributed by atoms with E-state index in [0.717, 1.165) is 11.1 Å². The van der Waals surface area contributed by atoms with Crippen LogP contribution in [0.1, 0.15) is 11.1 Å². The summed E-state index contributed by atoms with van der Waals surface area (Å²) in [5, 5.41) is 9.26. The zero-order valence-electron chi connectivity index (χ0n) is 10.6. The van der Waals surface area contributed by atoms with Gasteiger partial charge in [-0.25, -0.2) is 0 Å². The van der Waals surface area contributed by atoms with Crippen LogP contribution in [-0.2, 0) is 11.2 Å². The van der Waals surface area contributed by atoms with Crippen LogP contribution in [0.3, 0.4) is 0 Å². The summed E-state index contributed by atoms with van der Waals surface area (Å²) in [5.74, 6) is -1.29. The average Bonchev–Trinajstić information content (AvgIpc) is 2.45. The van der Waals surface area contributed by atoms with Gasteiger partial charge >= 0.3 is 5.97 Å². The molecule has 0 saturated carbocycles. The van der Waals surface area contributed by atoms with Gasteiger partial charge in [0.2, 0.25) is 0 Å². The van der Waals surface area contributed by atoms with E-state index in [9.17, 15) is 9.90 Å². The van der Waals surface area contributed by atoms with Gasteiger partial charge in [0.1, 0.15) is 0 Å². The summed E-state index contributed by atoms with van der Waals surface area (Å²) in [5.41, 5.74) is 2.05. The largest absolute Gasteiger partial charge is 0.481 e. The lowest BCUT2D eigenvalue weighted by Gasteiger charge is -2.07. The van der Waals surface area contributed by atoms with Crippen LogP contribution in [0, 0.1) is 5.92 Å². The quantitative estimate of drug-likeness (QED) is 0.882. The third kappa shape index (κ3) is 4.11. The molecule has 0 aliphatic heterocycles. The first-order chi connectivity index (χ1) is 9.25. The number of carboxylic acid groups (broad SMARTS) is 1. The van der Waals surface area contributed by atoms with Crippen molar-refractivity contribution in [1.29, 1.82) is 0 Å². The van der Waals surface area contributed by atoms with E-state index in [0.29, 0.717) is 6.42 Å². The molecule has 0 saturated heterocycles. The minimum atomic E-state index is -0.795. The first-order valence-electron chi connectivity index (χ1n) is 6.25. The lowest BCUT2D eigenvalue weighted by atomic mass is 9.98. The number of carboxylic acids is 1. The number of carbonyl (C=O) groups is 1. The van der Waals surface area contributed by atoms with E-state index in [-0.39, 0.29) is 0 Å². The summed E-state index contributed by atoms with van der Waals surface area (Å²) in [4.78, 5) is 11.3. The predicted octanol–water partition coefficient (Wildman–Crippen LogP) is 3.64. The van der Waals surface area contributed by atoms with Crippen LogP contribution in [0.4, 0.5) is 0 Å². The maximum Gasteiger partial charge on any atom is 0.310 e. The van der Waals surface area contributed by atoms with Gasteiger partial charge in [0, 0.05) is 0 Å². The third-order valence-corrected chi connectivity index (χ3v) is 2.94. The molecule has 2 nitrogen and oxygen atoms in total. The Bertz CT molecular complexity index is 544. The second kappa shape index (κ2) is 6.55. The molecule has 0 aliphatic rings. The molecule has 0 unspecified atom stereocenters. The van der Waals surface area contributed by atoms with Crippen LogP contribution in [-0.4, -0.2) is 11.1 Å². The molecule has 2 rings (SSSR count). The molecule has 0 radical (unpaired) electrons. The molecule has 2 aromatic rings. The molecule has 0 spiro atoms.